The molecule has 3 aliphatic carbocycles. The molecule has 0 aliphatic heterocycles. The third kappa shape index (κ3) is 1.01. The Kier molecular flexibility index (Phi) is 1.23. The molecule has 1 nitrogen and oxygen atoms in total. The van der Waals surface area contributed by atoms with Crippen LogP contribution in [0.25, 0.3) is 11.1 Å². The van der Waals surface area contributed by atoms with Crippen LogP contribution in [0.2, 0.25) is 0 Å². The van der Waals surface area contributed by atoms with Crippen molar-refractivity contribution in [1.29, 1.82) is 0 Å². The third-order valence-corrected chi connectivity index (χ3v) is 2.76. The van der Waals surface area contributed by atoms with Gasteiger partial charge in [0, 0.05) is 0 Å². The summed E-state index contributed by atoms with van der Waals surface area (Å²) in [6.07, 6.45) is 5.69. The van der Waals surface area contributed by atoms with E-state index in [1.807, 2.05) is 0 Å². The molecule has 0 aromatic carbocycles. The summed E-state index contributed by atoms with van der Waals surface area (Å²) in [7, 11) is 0. The van der Waals surface area contributed by atoms with Gasteiger partial charge in [0.1, 0.15) is 5.75 Å². The Morgan fingerprint density at radius 1 is 1.00 bits per heavy atom. The first kappa shape index (κ1) is 6.53. The van der Waals surface area contributed by atoms with E-state index >= 15 is 0 Å². The lowest BCUT2D eigenvalue weighted by Crippen LogP contribution is -2.09. The Bertz CT molecular complexity index is 291. The minimum atomic E-state index is 0.506. The maximum Gasteiger partial charge on any atom is 0.120 e. The van der Waals surface area contributed by atoms with Crippen LogP contribution in [0.3, 0.4) is 0 Å². The zero-order valence-electron chi connectivity index (χ0n) is 7.05. The van der Waals surface area contributed by atoms with Crippen molar-refractivity contribution in [1.82, 2.24) is 0 Å². The maximum absolute atomic E-state index is 5.82. The maximum atomic E-state index is 5.82. The number of benzene rings is 1. The van der Waals surface area contributed by atoms with E-state index in [0.717, 1.165) is 5.75 Å². The molecule has 0 bridgehead atoms. The van der Waals surface area contributed by atoms with Crippen LogP contribution in [0.4, 0.5) is 0 Å². The first-order valence-electron chi connectivity index (χ1n) is 4.74. The third-order valence-electron chi connectivity index (χ3n) is 2.76. The molecular weight excluding hydrogens is 148 g/mol. The average molecular weight is 160 g/mol. The molecule has 3 rings (SSSR count). The van der Waals surface area contributed by atoms with Crippen LogP contribution in [-0.2, 0) is 0 Å². The molecular formula is C11H12O. The molecule has 0 saturated heterocycles. The van der Waals surface area contributed by atoms with E-state index in [2.05, 4.69) is 18.2 Å². The van der Waals surface area contributed by atoms with E-state index in [9.17, 15) is 0 Å². The zero-order chi connectivity index (χ0) is 7.97. The van der Waals surface area contributed by atoms with Crippen LogP contribution in [0.5, 0.6) is 5.75 Å². The minimum absolute atomic E-state index is 0.506. The predicted octanol–water partition coefficient (Wildman–Crippen LogP) is 2.99. The molecule has 1 fully saturated rings. The minimum Gasteiger partial charge on any atom is -0.490 e. The molecule has 0 radical (unpaired) electrons. The quantitative estimate of drug-likeness (QED) is 0.656. The molecule has 0 aromatic heterocycles. The molecule has 0 amide bonds. The predicted molar refractivity (Wildman–Crippen MR) is 48.3 cm³/mol. The lowest BCUT2D eigenvalue weighted by Gasteiger charge is -2.10. The molecule has 12 heavy (non-hydrogen) atoms. The van der Waals surface area contributed by atoms with Gasteiger partial charge in [-0.05, 0) is 55.0 Å². The van der Waals surface area contributed by atoms with Crippen LogP contribution in [-0.4, -0.2) is 6.10 Å². The molecule has 0 N–H and O–H groups in total. The van der Waals surface area contributed by atoms with Crippen LogP contribution in [0.1, 0.15) is 25.7 Å². The van der Waals surface area contributed by atoms with Crippen molar-refractivity contribution >= 4 is 0 Å². The number of fused-ring (bicyclic) bond motifs is 1. The monoisotopic (exact) mass is 160 g/mol. The lowest BCUT2D eigenvalue weighted by molar-refractivity contribution is 0.211. The van der Waals surface area contributed by atoms with Crippen LogP contribution in [0, 0.1) is 0 Å². The SMILES string of the molecule is c1c(OC2CCCC2)cc2cc1-2. The molecule has 1 heteroatoms. The largest absolute Gasteiger partial charge is 0.490 e. The van der Waals surface area contributed by atoms with Gasteiger partial charge >= 0.3 is 0 Å². The summed E-state index contributed by atoms with van der Waals surface area (Å²) in [4.78, 5) is 0. The van der Waals surface area contributed by atoms with Crippen LogP contribution < -0.4 is 4.74 Å². The first-order chi connectivity index (χ1) is 5.92. The van der Waals surface area contributed by atoms with Crippen molar-refractivity contribution in [3.63, 3.8) is 0 Å². The van der Waals surface area contributed by atoms with Crippen molar-refractivity contribution in [3.8, 4) is 16.9 Å². The van der Waals surface area contributed by atoms with Gasteiger partial charge in [0.05, 0.1) is 6.10 Å². The van der Waals surface area contributed by atoms with Gasteiger partial charge in [0.15, 0.2) is 0 Å². The Balaban J connectivity index is 1.69. The number of hydrogen-bond acceptors (Lipinski definition) is 1. The van der Waals surface area contributed by atoms with E-state index in [4.69, 9.17) is 4.74 Å². The van der Waals surface area contributed by atoms with Crippen molar-refractivity contribution in [3.05, 3.63) is 18.2 Å². The Morgan fingerprint density at radius 2 is 1.67 bits per heavy atom. The summed E-state index contributed by atoms with van der Waals surface area (Å²) in [5.74, 6) is 1.09. The van der Waals surface area contributed by atoms with Gasteiger partial charge in [-0.15, -0.1) is 0 Å². The van der Waals surface area contributed by atoms with E-state index in [-0.39, 0.29) is 0 Å². The van der Waals surface area contributed by atoms with Gasteiger partial charge in [-0.25, -0.2) is 0 Å². The molecule has 62 valence electrons. The summed E-state index contributed by atoms with van der Waals surface area (Å²) in [6, 6.07) is 6.48. The Morgan fingerprint density at radius 3 is 2.33 bits per heavy atom. The fraction of sp³-hybridized carbons (Fsp3) is 0.455. The summed E-state index contributed by atoms with van der Waals surface area (Å²) in [5.41, 5.74) is 2.76. The second kappa shape index (κ2) is 2.25. The molecule has 0 spiro atoms. The topological polar surface area (TPSA) is 9.23 Å². The standard InChI is InChI=1S/C11H12O/c1-2-4-10(3-1)12-11-6-8-5-9(8)7-11/h5-7,10H,1-4H2. The van der Waals surface area contributed by atoms with Crippen molar-refractivity contribution in [2.24, 2.45) is 0 Å². The van der Waals surface area contributed by atoms with Crippen molar-refractivity contribution in [2.75, 3.05) is 0 Å². The Labute approximate surface area is 72.4 Å². The van der Waals surface area contributed by atoms with E-state index in [0.29, 0.717) is 6.10 Å². The molecule has 0 unspecified atom stereocenters. The number of ether oxygens (including phenoxy) is 1. The average Bonchev–Trinajstić information content (AvgIpc) is 2.55. The zero-order valence-corrected chi connectivity index (χ0v) is 7.05. The summed E-state index contributed by atoms with van der Waals surface area (Å²) in [6.45, 7) is 0. The van der Waals surface area contributed by atoms with Crippen LogP contribution >= 0.6 is 0 Å². The van der Waals surface area contributed by atoms with Gasteiger partial charge in [-0.2, -0.15) is 0 Å². The van der Waals surface area contributed by atoms with Gasteiger partial charge in [0.2, 0.25) is 0 Å². The van der Waals surface area contributed by atoms with Gasteiger partial charge in [-0.1, -0.05) is 0 Å². The lowest BCUT2D eigenvalue weighted by atomic mass is 10.3. The fourth-order valence-electron chi connectivity index (χ4n) is 2.00. The highest BCUT2D eigenvalue weighted by molar-refractivity contribution is 5.83. The van der Waals surface area contributed by atoms with Gasteiger partial charge < -0.3 is 4.74 Å². The van der Waals surface area contributed by atoms with Crippen molar-refractivity contribution < 1.29 is 4.74 Å². The molecule has 3 aliphatic rings. The Hall–Kier alpha value is -0.980. The summed E-state index contributed by atoms with van der Waals surface area (Å²) >= 11 is 0. The number of hydrogen-bond donors (Lipinski definition) is 0. The number of rotatable bonds is 2. The molecule has 1 saturated carbocycles. The molecule has 0 aromatic rings. The first-order valence-corrected chi connectivity index (χ1v) is 4.74. The van der Waals surface area contributed by atoms with Crippen molar-refractivity contribution in [2.45, 2.75) is 31.8 Å². The van der Waals surface area contributed by atoms with E-state index in [1.165, 1.54) is 36.8 Å². The van der Waals surface area contributed by atoms with Gasteiger partial charge in [-0.3, -0.25) is 0 Å². The van der Waals surface area contributed by atoms with E-state index < -0.39 is 0 Å². The summed E-state index contributed by atoms with van der Waals surface area (Å²) < 4.78 is 5.82. The molecule has 0 heterocycles. The van der Waals surface area contributed by atoms with Gasteiger partial charge in [0.25, 0.3) is 0 Å². The fourth-order valence-corrected chi connectivity index (χ4v) is 2.00. The highest BCUT2D eigenvalue weighted by Gasteiger charge is 2.20. The normalized spacial score (nSPS) is 19.7. The van der Waals surface area contributed by atoms with Crippen LogP contribution in [0.15, 0.2) is 18.2 Å². The van der Waals surface area contributed by atoms with E-state index in [1.54, 1.807) is 0 Å². The molecule has 0 atom stereocenters. The second-order valence-corrected chi connectivity index (χ2v) is 3.77. The highest BCUT2D eigenvalue weighted by Crippen LogP contribution is 2.40. The second-order valence-electron chi connectivity index (χ2n) is 3.77. The smallest absolute Gasteiger partial charge is 0.120 e. The highest BCUT2D eigenvalue weighted by atomic mass is 16.5. The summed E-state index contributed by atoms with van der Waals surface area (Å²) in [5, 5.41) is 0.